The second kappa shape index (κ2) is 7.04. The summed E-state index contributed by atoms with van der Waals surface area (Å²) in [6.07, 6.45) is 6.43. The van der Waals surface area contributed by atoms with Gasteiger partial charge in [-0.25, -0.2) is 0 Å². The molecule has 0 aromatic rings. The van der Waals surface area contributed by atoms with Crippen molar-refractivity contribution in [2.24, 2.45) is 11.3 Å². The average molecular weight is 343 g/mol. The molecule has 0 saturated heterocycles. The van der Waals surface area contributed by atoms with Crippen LogP contribution < -0.4 is 0 Å². The van der Waals surface area contributed by atoms with Crippen LogP contribution in [0.2, 0.25) is 0 Å². The molecule has 2 atom stereocenters. The Balaban J connectivity index is 2.69. The van der Waals surface area contributed by atoms with Crippen LogP contribution in [-0.2, 0) is 4.79 Å². The first-order valence-corrected chi connectivity index (χ1v) is 8.29. The lowest BCUT2D eigenvalue weighted by Crippen LogP contribution is -2.31. The predicted molar refractivity (Wildman–Crippen MR) is 87.8 cm³/mol. The second-order valence-electron chi connectivity index (χ2n) is 6.83. The van der Waals surface area contributed by atoms with E-state index >= 15 is 0 Å². The van der Waals surface area contributed by atoms with E-state index in [1.807, 2.05) is 18.8 Å². The zero-order valence-corrected chi connectivity index (χ0v) is 14.5. The van der Waals surface area contributed by atoms with Crippen LogP contribution in [0.5, 0.6) is 0 Å². The fourth-order valence-electron chi connectivity index (χ4n) is 3.23. The van der Waals surface area contributed by atoms with Gasteiger partial charge in [0.2, 0.25) is 0 Å². The van der Waals surface area contributed by atoms with Gasteiger partial charge in [-0.3, -0.25) is 0 Å². The van der Waals surface area contributed by atoms with Crippen LogP contribution in [0.4, 0.5) is 0 Å². The highest BCUT2D eigenvalue weighted by Gasteiger charge is 2.45. The molecule has 1 aliphatic rings. The fraction of sp³-hybridized carbons (Fsp3) is 0.706. The second-order valence-corrected chi connectivity index (χ2v) is 7.28. The molecule has 2 nitrogen and oxygen atoms in total. The van der Waals surface area contributed by atoms with E-state index in [-0.39, 0.29) is 11.3 Å². The Morgan fingerprint density at radius 3 is 2.70 bits per heavy atom. The molecule has 114 valence electrons. The third-order valence-electron chi connectivity index (χ3n) is 4.67. The minimum absolute atomic E-state index is 0.123. The molecule has 1 saturated carbocycles. The minimum Gasteiger partial charge on any atom is -0.390 e. The molecule has 0 heterocycles. The summed E-state index contributed by atoms with van der Waals surface area (Å²) >= 11 is 3.49. The maximum atomic E-state index is 10.4. The molecular formula is C17H27BrO2. The van der Waals surface area contributed by atoms with Crippen LogP contribution in [0.1, 0.15) is 59.3 Å². The van der Waals surface area contributed by atoms with E-state index in [1.165, 1.54) is 5.57 Å². The summed E-state index contributed by atoms with van der Waals surface area (Å²) in [5.74, 6) is 0.218. The molecule has 3 heteroatoms. The number of carbonyl (C=O) groups excluding carboxylic acids is 1. The van der Waals surface area contributed by atoms with E-state index in [0.29, 0.717) is 6.42 Å². The highest BCUT2D eigenvalue weighted by Crippen LogP contribution is 2.53. The summed E-state index contributed by atoms with van der Waals surface area (Å²) in [6.45, 7) is 10.1. The molecule has 0 aromatic carbocycles. The van der Waals surface area contributed by atoms with Gasteiger partial charge in [-0.05, 0) is 56.4 Å². The molecule has 1 fully saturated rings. The van der Waals surface area contributed by atoms with Crippen molar-refractivity contribution in [1.82, 2.24) is 0 Å². The van der Waals surface area contributed by atoms with E-state index < -0.39 is 5.60 Å². The Labute approximate surface area is 131 Å². The van der Waals surface area contributed by atoms with Crippen molar-refractivity contribution in [2.75, 3.05) is 0 Å². The van der Waals surface area contributed by atoms with Gasteiger partial charge in [0.25, 0.3) is 0 Å². The third-order valence-corrected chi connectivity index (χ3v) is 5.17. The van der Waals surface area contributed by atoms with Crippen molar-refractivity contribution in [1.29, 1.82) is 0 Å². The van der Waals surface area contributed by atoms with Crippen molar-refractivity contribution in [2.45, 2.75) is 64.9 Å². The lowest BCUT2D eigenvalue weighted by Gasteiger charge is -2.32. The van der Waals surface area contributed by atoms with Crippen molar-refractivity contribution in [3.63, 3.8) is 0 Å². The van der Waals surface area contributed by atoms with Crippen LogP contribution >= 0.6 is 15.9 Å². The van der Waals surface area contributed by atoms with Crippen molar-refractivity contribution in [3.05, 3.63) is 22.7 Å². The Kier molecular flexibility index (Phi) is 6.21. The molecule has 20 heavy (non-hydrogen) atoms. The van der Waals surface area contributed by atoms with E-state index in [2.05, 4.69) is 29.4 Å². The average Bonchev–Trinajstić information content (AvgIpc) is 2.71. The van der Waals surface area contributed by atoms with Crippen molar-refractivity contribution in [3.8, 4) is 0 Å². The first-order valence-electron chi connectivity index (χ1n) is 7.38. The SMILES string of the molecule is C=C(CCC=O)CC[C@]1(C)CC[C@@H](C(C)(C)O)/C1=C\Br. The Morgan fingerprint density at radius 1 is 1.55 bits per heavy atom. The number of hydrogen-bond donors (Lipinski definition) is 1. The zero-order chi connectivity index (χ0) is 15.4. The molecular weight excluding hydrogens is 316 g/mol. The predicted octanol–water partition coefficient (Wildman–Crippen LogP) is 4.77. The van der Waals surface area contributed by atoms with Crippen LogP contribution in [0.15, 0.2) is 22.7 Å². The lowest BCUT2D eigenvalue weighted by molar-refractivity contribution is -0.107. The topological polar surface area (TPSA) is 37.3 Å². The standard InChI is InChI=1S/C17H27BrO2/c1-13(6-5-11-19)7-9-17(4)10-8-14(15(17)12-18)16(2,3)20/h11-12,14,20H,1,5-10H2,2-4H3/b15-12+/t14-,17-/m1/s1. The quantitative estimate of drug-likeness (QED) is 0.534. The van der Waals surface area contributed by atoms with Gasteiger partial charge in [-0.2, -0.15) is 0 Å². The first kappa shape index (κ1) is 17.6. The normalized spacial score (nSPS) is 28.9. The summed E-state index contributed by atoms with van der Waals surface area (Å²) < 4.78 is 0. The summed E-state index contributed by atoms with van der Waals surface area (Å²) in [6, 6.07) is 0. The zero-order valence-electron chi connectivity index (χ0n) is 12.9. The molecule has 0 aromatic heterocycles. The Morgan fingerprint density at radius 2 is 2.20 bits per heavy atom. The van der Waals surface area contributed by atoms with Gasteiger partial charge in [0.1, 0.15) is 6.29 Å². The summed E-state index contributed by atoms with van der Waals surface area (Å²) in [7, 11) is 0. The number of allylic oxidation sites excluding steroid dienone is 1. The van der Waals surface area contributed by atoms with Crippen molar-refractivity contribution < 1.29 is 9.90 Å². The van der Waals surface area contributed by atoms with Gasteiger partial charge in [-0.15, -0.1) is 0 Å². The van der Waals surface area contributed by atoms with Gasteiger partial charge in [0.05, 0.1) is 5.60 Å². The number of carbonyl (C=O) groups is 1. The van der Waals surface area contributed by atoms with Crippen LogP contribution in [0.3, 0.4) is 0 Å². The van der Waals surface area contributed by atoms with E-state index in [9.17, 15) is 9.90 Å². The molecule has 0 bridgehead atoms. The van der Waals surface area contributed by atoms with Gasteiger partial charge in [0.15, 0.2) is 0 Å². The van der Waals surface area contributed by atoms with Crippen LogP contribution in [0.25, 0.3) is 0 Å². The maximum Gasteiger partial charge on any atom is 0.120 e. The molecule has 0 amide bonds. The summed E-state index contributed by atoms with van der Waals surface area (Å²) in [5, 5.41) is 10.3. The smallest absolute Gasteiger partial charge is 0.120 e. The molecule has 1 aliphatic carbocycles. The minimum atomic E-state index is -0.675. The first-order chi connectivity index (χ1) is 9.24. The largest absolute Gasteiger partial charge is 0.390 e. The van der Waals surface area contributed by atoms with Gasteiger partial charge in [0, 0.05) is 12.3 Å². The number of aliphatic hydroxyl groups is 1. The van der Waals surface area contributed by atoms with Gasteiger partial charge in [-0.1, -0.05) is 40.6 Å². The van der Waals surface area contributed by atoms with E-state index in [0.717, 1.165) is 44.0 Å². The monoisotopic (exact) mass is 342 g/mol. The molecule has 0 aliphatic heterocycles. The summed E-state index contributed by atoms with van der Waals surface area (Å²) in [5.41, 5.74) is 1.91. The number of aldehydes is 1. The highest BCUT2D eigenvalue weighted by atomic mass is 79.9. The summed E-state index contributed by atoms with van der Waals surface area (Å²) in [4.78, 5) is 12.4. The molecule has 1 rings (SSSR count). The number of rotatable bonds is 7. The molecule has 0 radical (unpaired) electrons. The highest BCUT2D eigenvalue weighted by molar-refractivity contribution is 9.11. The van der Waals surface area contributed by atoms with Gasteiger partial charge >= 0.3 is 0 Å². The van der Waals surface area contributed by atoms with Gasteiger partial charge < -0.3 is 9.90 Å². The van der Waals surface area contributed by atoms with Crippen LogP contribution in [0, 0.1) is 11.3 Å². The van der Waals surface area contributed by atoms with E-state index in [4.69, 9.17) is 0 Å². The molecule has 0 spiro atoms. The molecule has 0 unspecified atom stereocenters. The Hall–Kier alpha value is -0.410. The maximum absolute atomic E-state index is 10.4. The van der Waals surface area contributed by atoms with Crippen molar-refractivity contribution >= 4 is 22.2 Å². The Bertz CT molecular complexity index is 392. The number of hydrogen-bond acceptors (Lipinski definition) is 2. The number of halogens is 1. The lowest BCUT2D eigenvalue weighted by atomic mass is 9.75. The third kappa shape index (κ3) is 4.29. The van der Waals surface area contributed by atoms with Crippen LogP contribution in [-0.4, -0.2) is 17.0 Å². The van der Waals surface area contributed by atoms with E-state index in [1.54, 1.807) is 0 Å². The fourth-order valence-corrected chi connectivity index (χ4v) is 4.11. The molecule has 1 N–H and O–H groups in total.